The number of alkyl halides is 3. The number of aliphatic carboxylic acids is 1. The summed E-state index contributed by atoms with van der Waals surface area (Å²) in [6.45, 7) is 2.20. The lowest BCUT2D eigenvalue weighted by Crippen LogP contribution is -2.26. The van der Waals surface area contributed by atoms with Gasteiger partial charge in [0.2, 0.25) is 0 Å². The second kappa shape index (κ2) is 8.84. The Bertz CT molecular complexity index is 981. The lowest BCUT2D eigenvalue weighted by atomic mass is 9.90. The molecule has 1 aromatic carbocycles. The van der Waals surface area contributed by atoms with Crippen LogP contribution < -0.4 is 5.32 Å². The van der Waals surface area contributed by atoms with Gasteiger partial charge in [-0.2, -0.15) is 13.2 Å². The molecule has 5 nitrogen and oxygen atoms in total. The molecular formula is C20H19ClF3N3O2. The minimum absolute atomic E-state index is 0.625. The van der Waals surface area contributed by atoms with Crippen LogP contribution in [0.4, 0.5) is 13.2 Å². The van der Waals surface area contributed by atoms with Crippen LogP contribution >= 0.6 is 11.6 Å². The Balaban J connectivity index is 0.000000298. The van der Waals surface area contributed by atoms with E-state index in [4.69, 9.17) is 21.5 Å². The molecule has 1 fully saturated rings. The van der Waals surface area contributed by atoms with Crippen molar-refractivity contribution in [3.05, 3.63) is 59.5 Å². The highest BCUT2D eigenvalue weighted by Crippen LogP contribution is 2.34. The molecule has 3 heterocycles. The van der Waals surface area contributed by atoms with Crippen LogP contribution in [0.15, 0.2) is 48.9 Å². The number of carboxylic acid groups (broad SMARTS) is 1. The number of hydrogen-bond donors (Lipinski definition) is 2. The van der Waals surface area contributed by atoms with Gasteiger partial charge in [0.05, 0.1) is 11.7 Å². The zero-order valence-corrected chi connectivity index (χ0v) is 16.0. The molecule has 1 aliphatic rings. The molecule has 1 saturated heterocycles. The zero-order valence-electron chi connectivity index (χ0n) is 15.3. The summed E-state index contributed by atoms with van der Waals surface area (Å²) in [4.78, 5) is 13.2. The molecule has 0 atom stereocenters. The summed E-state index contributed by atoms with van der Waals surface area (Å²) >= 11 is 6.02. The molecule has 4 rings (SSSR count). The Morgan fingerprint density at radius 2 is 1.79 bits per heavy atom. The normalized spacial score (nSPS) is 15.0. The van der Waals surface area contributed by atoms with Gasteiger partial charge in [-0.05, 0) is 67.7 Å². The van der Waals surface area contributed by atoms with E-state index in [0.717, 1.165) is 23.8 Å². The van der Waals surface area contributed by atoms with E-state index in [-0.39, 0.29) is 0 Å². The van der Waals surface area contributed by atoms with Gasteiger partial charge in [-0.15, -0.1) is 0 Å². The molecule has 2 aromatic heterocycles. The minimum Gasteiger partial charge on any atom is -0.475 e. The predicted octanol–water partition coefficient (Wildman–Crippen LogP) is 4.78. The smallest absolute Gasteiger partial charge is 0.475 e. The molecular weight excluding hydrogens is 407 g/mol. The first kappa shape index (κ1) is 21.1. The summed E-state index contributed by atoms with van der Waals surface area (Å²) in [5, 5.41) is 12.6. The average molecular weight is 426 g/mol. The van der Waals surface area contributed by atoms with E-state index >= 15 is 0 Å². The lowest BCUT2D eigenvalue weighted by Gasteiger charge is -2.22. The number of rotatable bonds is 2. The second-order valence-electron chi connectivity index (χ2n) is 6.65. The number of pyridine rings is 1. The average Bonchev–Trinajstić information content (AvgIpc) is 3.09. The fraction of sp³-hybridized carbons (Fsp3) is 0.300. The summed E-state index contributed by atoms with van der Waals surface area (Å²) in [6, 6.07) is 10.1. The third-order valence-corrected chi connectivity index (χ3v) is 5.02. The SMILES string of the molecule is Clc1ccc(-n2cc(C3CCNCC3)c3ccncc32)cc1.O=C(O)C(F)(F)F. The highest BCUT2D eigenvalue weighted by Gasteiger charge is 2.38. The standard InChI is InChI=1S/C18H18ClN3.C2HF3O2/c19-14-1-3-15(4-2-14)22-12-17(13-5-8-20-9-6-13)16-7-10-21-11-18(16)22;3-2(4,5)1(6)7/h1-4,7,10-13,20H,5-6,8-9H2;(H,6,7). The van der Waals surface area contributed by atoms with Crippen LogP contribution in [0, 0.1) is 0 Å². The number of carbonyl (C=O) groups is 1. The number of piperidine rings is 1. The van der Waals surface area contributed by atoms with Gasteiger partial charge in [0, 0.05) is 28.5 Å². The number of hydrogen-bond acceptors (Lipinski definition) is 3. The van der Waals surface area contributed by atoms with Crippen molar-refractivity contribution < 1.29 is 23.1 Å². The minimum atomic E-state index is -5.08. The number of nitrogens with zero attached hydrogens (tertiary/aromatic N) is 2. The molecule has 0 amide bonds. The highest BCUT2D eigenvalue weighted by molar-refractivity contribution is 6.30. The quantitative estimate of drug-likeness (QED) is 0.620. The largest absolute Gasteiger partial charge is 0.490 e. The van der Waals surface area contributed by atoms with E-state index in [9.17, 15) is 13.2 Å². The first-order chi connectivity index (χ1) is 13.8. The molecule has 29 heavy (non-hydrogen) atoms. The maximum atomic E-state index is 10.6. The van der Waals surface area contributed by atoms with Crippen molar-refractivity contribution >= 4 is 28.5 Å². The molecule has 0 aliphatic carbocycles. The Morgan fingerprint density at radius 1 is 1.17 bits per heavy atom. The van der Waals surface area contributed by atoms with Gasteiger partial charge in [-0.3, -0.25) is 4.98 Å². The molecule has 154 valence electrons. The van der Waals surface area contributed by atoms with Gasteiger partial charge in [-0.1, -0.05) is 11.6 Å². The Labute approximate surface area is 170 Å². The molecule has 0 unspecified atom stereocenters. The van der Waals surface area contributed by atoms with E-state index in [1.165, 1.54) is 29.3 Å². The van der Waals surface area contributed by atoms with E-state index in [1.807, 2.05) is 24.5 Å². The van der Waals surface area contributed by atoms with Crippen molar-refractivity contribution in [1.29, 1.82) is 0 Å². The van der Waals surface area contributed by atoms with Gasteiger partial charge in [0.1, 0.15) is 0 Å². The van der Waals surface area contributed by atoms with Gasteiger partial charge in [0.15, 0.2) is 0 Å². The zero-order chi connectivity index (χ0) is 21.0. The second-order valence-corrected chi connectivity index (χ2v) is 7.09. The summed E-state index contributed by atoms with van der Waals surface area (Å²) in [5.41, 5.74) is 3.73. The molecule has 0 saturated carbocycles. The van der Waals surface area contributed by atoms with Crippen molar-refractivity contribution in [2.24, 2.45) is 0 Å². The first-order valence-electron chi connectivity index (χ1n) is 8.99. The van der Waals surface area contributed by atoms with Gasteiger partial charge < -0.3 is 15.0 Å². The number of nitrogens with one attached hydrogen (secondary N) is 1. The van der Waals surface area contributed by atoms with Crippen molar-refractivity contribution in [3.8, 4) is 5.69 Å². The summed E-state index contributed by atoms with van der Waals surface area (Å²) in [6.07, 6.45) is 3.43. The number of fused-ring (bicyclic) bond motifs is 1. The maximum Gasteiger partial charge on any atom is 0.490 e. The fourth-order valence-electron chi connectivity index (χ4n) is 3.37. The summed E-state index contributed by atoms with van der Waals surface area (Å²) < 4.78 is 34.0. The molecule has 0 bridgehead atoms. The topological polar surface area (TPSA) is 67.2 Å². The maximum absolute atomic E-state index is 10.6. The van der Waals surface area contributed by atoms with Crippen LogP contribution in [-0.2, 0) is 4.79 Å². The van der Waals surface area contributed by atoms with Crippen LogP contribution in [0.2, 0.25) is 5.02 Å². The van der Waals surface area contributed by atoms with Crippen molar-refractivity contribution in [3.63, 3.8) is 0 Å². The fourth-order valence-corrected chi connectivity index (χ4v) is 3.50. The van der Waals surface area contributed by atoms with Gasteiger partial charge in [-0.25, -0.2) is 4.79 Å². The summed E-state index contributed by atoms with van der Waals surface area (Å²) in [7, 11) is 0. The molecule has 1 aliphatic heterocycles. The Kier molecular flexibility index (Phi) is 6.44. The van der Waals surface area contributed by atoms with Crippen LogP contribution in [0.1, 0.15) is 24.3 Å². The van der Waals surface area contributed by atoms with E-state index in [2.05, 4.69) is 39.3 Å². The monoisotopic (exact) mass is 425 g/mol. The lowest BCUT2D eigenvalue weighted by molar-refractivity contribution is -0.192. The Morgan fingerprint density at radius 3 is 2.38 bits per heavy atom. The molecule has 0 spiro atoms. The van der Waals surface area contributed by atoms with Crippen molar-refractivity contribution in [1.82, 2.24) is 14.9 Å². The van der Waals surface area contributed by atoms with Crippen LogP contribution in [0.5, 0.6) is 0 Å². The van der Waals surface area contributed by atoms with Gasteiger partial charge >= 0.3 is 12.1 Å². The first-order valence-corrected chi connectivity index (χ1v) is 9.37. The van der Waals surface area contributed by atoms with E-state index in [0.29, 0.717) is 5.92 Å². The Hall–Kier alpha value is -2.58. The molecule has 0 radical (unpaired) electrons. The van der Waals surface area contributed by atoms with Gasteiger partial charge in [0.25, 0.3) is 0 Å². The number of halogens is 4. The van der Waals surface area contributed by atoms with Crippen molar-refractivity contribution in [2.45, 2.75) is 24.9 Å². The van der Waals surface area contributed by atoms with Crippen LogP contribution in [0.25, 0.3) is 16.6 Å². The third-order valence-electron chi connectivity index (χ3n) is 4.77. The molecule has 3 aromatic rings. The van der Waals surface area contributed by atoms with E-state index in [1.54, 1.807) is 0 Å². The number of benzene rings is 1. The third kappa shape index (κ3) is 5.07. The number of aromatic nitrogens is 2. The van der Waals surface area contributed by atoms with E-state index < -0.39 is 12.1 Å². The molecule has 9 heteroatoms. The molecule has 2 N–H and O–H groups in total. The summed E-state index contributed by atoms with van der Waals surface area (Å²) in [5.74, 6) is -2.13. The van der Waals surface area contributed by atoms with Crippen LogP contribution in [0.3, 0.4) is 0 Å². The number of carboxylic acids is 1. The van der Waals surface area contributed by atoms with Crippen LogP contribution in [-0.4, -0.2) is 39.9 Å². The predicted molar refractivity (Wildman–Crippen MR) is 105 cm³/mol. The highest BCUT2D eigenvalue weighted by atomic mass is 35.5. The van der Waals surface area contributed by atoms with Crippen molar-refractivity contribution in [2.75, 3.05) is 13.1 Å².